The van der Waals surface area contributed by atoms with Crippen LogP contribution in [0.1, 0.15) is 31.9 Å². The molecule has 0 spiro atoms. The molecule has 2 nitrogen and oxygen atoms in total. The Morgan fingerprint density at radius 3 is 2.12 bits per heavy atom. The molecule has 0 amide bonds. The van der Waals surface area contributed by atoms with Crippen molar-refractivity contribution in [3.63, 3.8) is 0 Å². The number of benzene rings is 1. The number of hydrogen-bond acceptors (Lipinski definition) is 1. The van der Waals surface area contributed by atoms with Crippen molar-refractivity contribution in [3.05, 3.63) is 34.9 Å². The molecule has 0 aliphatic heterocycles. The molecule has 0 N–H and O–H groups in total. The second-order valence-electron chi connectivity index (χ2n) is 4.74. The Bertz CT molecular complexity index is 455. The first-order valence-corrected chi connectivity index (χ1v) is 6.24. The summed E-state index contributed by atoms with van der Waals surface area (Å²) < 4.78 is 41.6. The standard InChI is InChI=1S/C12H15F2NOS/c1-8-5-10(13)9(11(14)6-8)7-15-17(16)12(2,3)4/h5-7H,1-4H3/t17-/m1/s1. The molecule has 17 heavy (non-hydrogen) atoms. The van der Waals surface area contributed by atoms with E-state index in [0.29, 0.717) is 5.56 Å². The van der Waals surface area contributed by atoms with E-state index in [4.69, 9.17) is 0 Å². The zero-order valence-corrected chi connectivity index (χ0v) is 11.1. The smallest absolute Gasteiger partial charge is 0.144 e. The molecule has 0 aliphatic carbocycles. The molecular weight excluding hydrogens is 244 g/mol. The maximum absolute atomic E-state index is 13.4. The van der Waals surface area contributed by atoms with Crippen LogP contribution >= 0.6 is 0 Å². The summed E-state index contributed by atoms with van der Waals surface area (Å²) in [6.07, 6.45) is 0.992. The van der Waals surface area contributed by atoms with Crippen molar-refractivity contribution >= 4 is 17.2 Å². The molecule has 1 atom stereocenters. The van der Waals surface area contributed by atoms with E-state index >= 15 is 0 Å². The van der Waals surface area contributed by atoms with E-state index in [-0.39, 0.29) is 5.56 Å². The van der Waals surface area contributed by atoms with E-state index in [1.165, 1.54) is 12.1 Å². The molecule has 0 unspecified atom stereocenters. The molecule has 0 bridgehead atoms. The van der Waals surface area contributed by atoms with Gasteiger partial charge in [-0.3, -0.25) is 0 Å². The molecule has 1 aromatic rings. The summed E-state index contributed by atoms with van der Waals surface area (Å²) in [6, 6.07) is 2.43. The predicted octanol–water partition coefficient (Wildman–Crippen LogP) is 3.15. The summed E-state index contributed by atoms with van der Waals surface area (Å²) in [5, 5.41) is 0. The zero-order chi connectivity index (χ0) is 13.2. The summed E-state index contributed by atoms with van der Waals surface area (Å²) in [5.74, 6) is -1.39. The van der Waals surface area contributed by atoms with Gasteiger partial charge in [-0.05, 0) is 45.4 Å². The molecule has 94 valence electrons. The minimum atomic E-state index is -1.52. The van der Waals surface area contributed by atoms with Crippen LogP contribution in [0.2, 0.25) is 0 Å². The first kappa shape index (κ1) is 14.0. The van der Waals surface area contributed by atoms with Gasteiger partial charge in [0.15, 0.2) is 0 Å². The van der Waals surface area contributed by atoms with E-state index in [9.17, 15) is 13.0 Å². The Balaban J connectivity index is 3.05. The lowest BCUT2D eigenvalue weighted by molar-refractivity contribution is 0.578. The van der Waals surface area contributed by atoms with E-state index in [0.717, 1.165) is 6.21 Å². The van der Waals surface area contributed by atoms with Crippen molar-refractivity contribution in [2.75, 3.05) is 0 Å². The van der Waals surface area contributed by atoms with Crippen LogP contribution in [0.15, 0.2) is 16.5 Å². The second kappa shape index (κ2) is 5.04. The number of rotatable bonds is 2. The molecule has 0 fully saturated rings. The van der Waals surface area contributed by atoms with E-state index in [2.05, 4.69) is 4.40 Å². The van der Waals surface area contributed by atoms with Gasteiger partial charge in [0.1, 0.15) is 22.6 Å². The number of halogens is 2. The molecule has 0 aliphatic rings. The van der Waals surface area contributed by atoms with Crippen LogP contribution in [0.3, 0.4) is 0 Å². The Kier molecular flexibility index (Phi) is 4.14. The SMILES string of the molecule is Cc1cc(F)c(C=N[S@](=O)C(C)(C)C)c(F)c1. The lowest BCUT2D eigenvalue weighted by Crippen LogP contribution is -2.19. The van der Waals surface area contributed by atoms with Crippen molar-refractivity contribution in [1.82, 2.24) is 0 Å². The Morgan fingerprint density at radius 2 is 1.71 bits per heavy atom. The van der Waals surface area contributed by atoms with Crippen molar-refractivity contribution in [2.45, 2.75) is 32.4 Å². The van der Waals surface area contributed by atoms with E-state index < -0.39 is 27.4 Å². The van der Waals surface area contributed by atoms with Crippen LogP contribution in [0.4, 0.5) is 8.78 Å². The molecule has 1 aromatic carbocycles. The Hall–Kier alpha value is -1.10. The Morgan fingerprint density at radius 1 is 1.24 bits per heavy atom. The highest BCUT2D eigenvalue weighted by molar-refractivity contribution is 7.85. The van der Waals surface area contributed by atoms with E-state index in [1.807, 2.05) is 0 Å². The monoisotopic (exact) mass is 259 g/mol. The third-order valence-corrected chi connectivity index (χ3v) is 3.37. The third-order valence-electron chi connectivity index (χ3n) is 2.02. The molecular formula is C12H15F2NOS. The molecule has 0 radical (unpaired) electrons. The lowest BCUT2D eigenvalue weighted by atomic mass is 10.1. The Labute approximate surface area is 102 Å². The highest BCUT2D eigenvalue weighted by Gasteiger charge is 2.18. The number of aryl methyl sites for hydroxylation is 1. The van der Waals surface area contributed by atoms with Crippen LogP contribution in [0, 0.1) is 18.6 Å². The summed E-state index contributed by atoms with van der Waals surface area (Å²) in [5.41, 5.74) is 0.238. The molecule has 0 saturated carbocycles. The minimum absolute atomic E-state index is 0.256. The van der Waals surface area contributed by atoms with Gasteiger partial charge in [-0.25, -0.2) is 13.0 Å². The van der Waals surface area contributed by atoms with Gasteiger partial charge in [0, 0.05) is 0 Å². The fourth-order valence-electron chi connectivity index (χ4n) is 1.09. The van der Waals surface area contributed by atoms with Crippen molar-refractivity contribution in [2.24, 2.45) is 4.40 Å². The first-order chi connectivity index (χ1) is 7.71. The van der Waals surface area contributed by atoms with Crippen LogP contribution in [0.5, 0.6) is 0 Å². The summed E-state index contributed by atoms with van der Waals surface area (Å²) in [6.45, 7) is 6.81. The molecule has 5 heteroatoms. The number of hydrogen-bond donors (Lipinski definition) is 0. The molecule has 0 aromatic heterocycles. The van der Waals surface area contributed by atoms with Crippen LogP contribution in [-0.2, 0) is 11.0 Å². The van der Waals surface area contributed by atoms with Gasteiger partial charge >= 0.3 is 0 Å². The predicted molar refractivity (Wildman–Crippen MR) is 66.6 cm³/mol. The van der Waals surface area contributed by atoms with Gasteiger partial charge in [0.25, 0.3) is 0 Å². The van der Waals surface area contributed by atoms with Crippen molar-refractivity contribution in [1.29, 1.82) is 0 Å². The van der Waals surface area contributed by atoms with Crippen LogP contribution in [0.25, 0.3) is 0 Å². The lowest BCUT2D eigenvalue weighted by Gasteiger charge is -2.12. The first-order valence-electron chi connectivity index (χ1n) is 5.13. The zero-order valence-electron chi connectivity index (χ0n) is 10.3. The highest BCUT2D eigenvalue weighted by atomic mass is 32.2. The number of nitrogens with zero attached hydrogens (tertiary/aromatic N) is 1. The largest absolute Gasteiger partial charge is 0.234 e. The quantitative estimate of drug-likeness (QED) is 0.750. The normalized spacial score (nSPS) is 14.2. The third kappa shape index (κ3) is 3.70. The van der Waals surface area contributed by atoms with Gasteiger partial charge in [-0.15, -0.1) is 0 Å². The molecule has 0 heterocycles. The maximum Gasteiger partial charge on any atom is 0.144 e. The second-order valence-corrected chi connectivity index (χ2v) is 6.67. The fraction of sp³-hybridized carbons (Fsp3) is 0.417. The van der Waals surface area contributed by atoms with Gasteiger partial charge in [-0.2, -0.15) is 4.40 Å². The van der Waals surface area contributed by atoms with E-state index in [1.54, 1.807) is 27.7 Å². The van der Waals surface area contributed by atoms with Gasteiger partial charge < -0.3 is 0 Å². The summed E-state index contributed by atoms with van der Waals surface area (Å²) in [7, 11) is -1.52. The van der Waals surface area contributed by atoms with Gasteiger partial charge in [0.05, 0.1) is 16.5 Å². The fourth-order valence-corrected chi connectivity index (χ4v) is 1.61. The summed E-state index contributed by atoms with van der Waals surface area (Å²) >= 11 is 0. The van der Waals surface area contributed by atoms with Crippen LogP contribution < -0.4 is 0 Å². The summed E-state index contributed by atoms with van der Waals surface area (Å²) in [4.78, 5) is 0. The van der Waals surface area contributed by atoms with Crippen molar-refractivity contribution in [3.8, 4) is 0 Å². The minimum Gasteiger partial charge on any atom is -0.234 e. The van der Waals surface area contributed by atoms with Gasteiger partial charge in [-0.1, -0.05) is 0 Å². The average molecular weight is 259 g/mol. The molecule has 1 rings (SSSR count). The topological polar surface area (TPSA) is 29.4 Å². The average Bonchev–Trinajstić information content (AvgIpc) is 2.13. The maximum atomic E-state index is 13.4. The van der Waals surface area contributed by atoms with Gasteiger partial charge in [0.2, 0.25) is 0 Å². The van der Waals surface area contributed by atoms with Crippen LogP contribution in [-0.4, -0.2) is 15.2 Å². The molecule has 0 saturated heterocycles. The highest BCUT2D eigenvalue weighted by Crippen LogP contribution is 2.15. The van der Waals surface area contributed by atoms with Crippen molar-refractivity contribution < 1.29 is 13.0 Å².